The van der Waals surface area contributed by atoms with Crippen LogP contribution in [0, 0.1) is 6.92 Å². The van der Waals surface area contributed by atoms with Crippen molar-refractivity contribution in [3.05, 3.63) is 48.2 Å². The number of anilines is 1. The third-order valence-electron chi connectivity index (χ3n) is 4.27. The van der Waals surface area contributed by atoms with Gasteiger partial charge in [-0.05, 0) is 50.8 Å². The van der Waals surface area contributed by atoms with Crippen LogP contribution in [0.1, 0.15) is 31.2 Å². The Kier molecular flexibility index (Phi) is 5.50. The van der Waals surface area contributed by atoms with Gasteiger partial charge >= 0.3 is 6.03 Å². The maximum atomic E-state index is 12.0. The van der Waals surface area contributed by atoms with Gasteiger partial charge < -0.3 is 20.5 Å². The fourth-order valence-corrected chi connectivity index (χ4v) is 2.81. The van der Waals surface area contributed by atoms with Crippen LogP contribution in [0.2, 0.25) is 0 Å². The molecule has 1 fully saturated rings. The fourth-order valence-electron chi connectivity index (χ4n) is 2.81. The number of hydrogen-bond donors (Lipinski definition) is 3. The van der Waals surface area contributed by atoms with E-state index in [1.807, 2.05) is 31.2 Å². The predicted octanol–water partition coefficient (Wildman–Crippen LogP) is 3.61. The number of aryl methyl sites for hydroxylation is 1. The zero-order valence-corrected chi connectivity index (χ0v) is 14.2. The molecule has 3 rings (SSSR count). The van der Waals surface area contributed by atoms with Gasteiger partial charge in [-0.25, -0.2) is 9.78 Å². The number of carbonyl (C=O) groups excluding carboxylic acids is 1. The largest absolute Gasteiger partial charge is 0.439 e. The van der Waals surface area contributed by atoms with Gasteiger partial charge in [-0.3, -0.25) is 0 Å². The molecule has 0 unspecified atom stereocenters. The number of carbonyl (C=O) groups is 1. The van der Waals surface area contributed by atoms with E-state index in [-0.39, 0.29) is 18.2 Å². The summed E-state index contributed by atoms with van der Waals surface area (Å²) >= 11 is 0. The molecular weight excluding hydrogens is 318 g/mol. The highest BCUT2D eigenvalue weighted by Crippen LogP contribution is 2.21. The van der Waals surface area contributed by atoms with E-state index in [0.717, 1.165) is 31.4 Å². The molecular formula is C19H23N3O3. The number of benzene rings is 1. The topological polar surface area (TPSA) is 83.5 Å². The summed E-state index contributed by atoms with van der Waals surface area (Å²) in [6, 6.07) is 11.0. The van der Waals surface area contributed by atoms with Crippen LogP contribution in [0.5, 0.6) is 11.6 Å². The van der Waals surface area contributed by atoms with E-state index >= 15 is 0 Å². The minimum absolute atomic E-state index is 0.112. The second kappa shape index (κ2) is 7.98. The first-order valence-electron chi connectivity index (χ1n) is 8.54. The van der Waals surface area contributed by atoms with Crippen molar-refractivity contribution in [1.29, 1.82) is 0 Å². The molecule has 1 aromatic heterocycles. The Morgan fingerprint density at radius 2 is 1.84 bits per heavy atom. The summed E-state index contributed by atoms with van der Waals surface area (Å²) in [4.78, 5) is 16.2. The molecule has 0 aliphatic heterocycles. The lowest BCUT2D eigenvalue weighted by atomic mass is 9.93. The van der Waals surface area contributed by atoms with Crippen molar-refractivity contribution in [2.75, 3.05) is 5.32 Å². The molecule has 25 heavy (non-hydrogen) atoms. The number of aliphatic hydroxyl groups is 1. The van der Waals surface area contributed by atoms with E-state index in [4.69, 9.17) is 4.74 Å². The zero-order valence-electron chi connectivity index (χ0n) is 14.2. The second-order valence-corrected chi connectivity index (χ2v) is 6.40. The molecule has 0 atom stereocenters. The van der Waals surface area contributed by atoms with Crippen molar-refractivity contribution in [2.45, 2.75) is 44.8 Å². The third-order valence-corrected chi connectivity index (χ3v) is 4.27. The van der Waals surface area contributed by atoms with Gasteiger partial charge in [0.15, 0.2) is 0 Å². The number of nitrogens with one attached hydrogen (secondary N) is 2. The highest BCUT2D eigenvalue weighted by Gasteiger charge is 2.20. The summed E-state index contributed by atoms with van der Waals surface area (Å²) in [6.07, 6.45) is 4.40. The number of amides is 2. The third kappa shape index (κ3) is 5.19. The fraction of sp³-hybridized carbons (Fsp3) is 0.368. The van der Waals surface area contributed by atoms with Crippen LogP contribution in [0.25, 0.3) is 0 Å². The van der Waals surface area contributed by atoms with Crippen LogP contribution in [-0.4, -0.2) is 28.3 Å². The van der Waals surface area contributed by atoms with Gasteiger partial charge in [0.2, 0.25) is 5.88 Å². The molecule has 132 valence electrons. The lowest BCUT2D eigenvalue weighted by molar-refractivity contribution is 0.118. The minimum atomic E-state index is -0.254. The number of ether oxygens (including phenoxy) is 1. The molecule has 1 aliphatic rings. The van der Waals surface area contributed by atoms with E-state index in [9.17, 15) is 9.90 Å². The van der Waals surface area contributed by atoms with Crippen LogP contribution < -0.4 is 15.4 Å². The molecule has 0 saturated heterocycles. The van der Waals surface area contributed by atoms with Crippen LogP contribution in [0.3, 0.4) is 0 Å². The van der Waals surface area contributed by atoms with Crippen molar-refractivity contribution in [2.24, 2.45) is 0 Å². The zero-order chi connectivity index (χ0) is 17.6. The first-order valence-corrected chi connectivity index (χ1v) is 8.54. The number of nitrogens with zero attached hydrogens (tertiary/aromatic N) is 1. The Bertz CT molecular complexity index is 693. The molecule has 0 spiro atoms. The number of pyridine rings is 1. The van der Waals surface area contributed by atoms with E-state index in [0.29, 0.717) is 11.6 Å². The summed E-state index contributed by atoms with van der Waals surface area (Å²) in [6.45, 7) is 2.02. The van der Waals surface area contributed by atoms with E-state index in [1.165, 1.54) is 5.56 Å². The quantitative estimate of drug-likeness (QED) is 0.793. The number of hydrogen-bond acceptors (Lipinski definition) is 4. The van der Waals surface area contributed by atoms with Crippen LogP contribution >= 0.6 is 0 Å². The van der Waals surface area contributed by atoms with Gasteiger partial charge in [-0.15, -0.1) is 0 Å². The molecule has 2 aromatic rings. The van der Waals surface area contributed by atoms with Gasteiger partial charge in [-0.2, -0.15) is 0 Å². The Hall–Kier alpha value is -2.60. The van der Waals surface area contributed by atoms with Gasteiger partial charge in [0.05, 0.1) is 18.0 Å². The lowest BCUT2D eigenvalue weighted by Crippen LogP contribution is -2.40. The predicted molar refractivity (Wildman–Crippen MR) is 95.9 cm³/mol. The SMILES string of the molecule is Cc1ccc(Oc2ccc(NC(=O)NC3CCC(O)CC3)cn2)cc1. The molecule has 1 saturated carbocycles. The van der Waals surface area contributed by atoms with Crippen LogP contribution in [0.4, 0.5) is 10.5 Å². The maximum Gasteiger partial charge on any atom is 0.319 e. The molecule has 1 heterocycles. The van der Waals surface area contributed by atoms with E-state index < -0.39 is 0 Å². The van der Waals surface area contributed by atoms with Gasteiger partial charge in [0.1, 0.15) is 5.75 Å². The Balaban J connectivity index is 1.50. The average Bonchev–Trinajstić information content (AvgIpc) is 2.61. The van der Waals surface area contributed by atoms with Crippen molar-refractivity contribution in [3.8, 4) is 11.6 Å². The Morgan fingerprint density at radius 3 is 2.48 bits per heavy atom. The highest BCUT2D eigenvalue weighted by atomic mass is 16.5. The van der Waals surface area contributed by atoms with Crippen molar-refractivity contribution >= 4 is 11.7 Å². The molecule has 1 aliphatic carbocycles. The molecule has 6 heteroatoms. The molecule has 0 radical (unpaired) electrons. The molecule has 3 N–H and O–H groups in total. The van der Waals surface area contributed by atoms with E-state index in [2.05, 4.69) is 15.6 Å². The van der Waals surface area contributed by atoms with Crippen molar-refractivity contribution in [1.82, 2.24) is 10.3 Å². The standard InChI is InChI=1S/C19H23N3O3/c1-13-2-9-17(10-3-13)25-18-11-6-15(12-20-18)22-19(24)21-14-4-7-16(23)8-5-14/h2-3,6,9-12,14,16,23H,4-5,7-8H2,1H3,(H2,21,22,24). The smallest absolute Gasteiger partial charge is 0.319 e. The Morgan fingerprint density at radius 1 is 1.12 bits per heavy atom. The summed E-state index contributed by atoms with van der Waals surface area (Å²) < 4.78 is 5.66. The van der Waals surface area contributed by atoms with Crippen molar-refractivity contribution < 1.29 is 14.6 Å². The summed E-state index contributed by atoms with van der Waals surface area (Å²) in [5.74, 6) is 1.19. The highest BCUT2D eigenvalue weighted by molar-refractivity contribution is 5.89. The molecule has 1 aromatic carbocycles. The molecule has 6 nitrogen and oxygen atoms in total. The number of aliphatic hydroxyl groups excluding tert-OH is 1. The molecule has 2 amide bonds. The number of urea groups is 1. The van der Waals surface area contributed by atoms with Gasteiger partial charge in [0.25, 0.3) is 0 Å². The Labute approximate surface area is 147 Å². The lowest BCUT2D eigenvalue weighted by Gasteiger charge is -2.26. The van der Waals surface area contributed by atoms with Gasteiger partial charge in [-0.1, -0.05) is 17.7 Å². The average molecular weight is 341 g/mol. The van der Waals surface area contributed by atoms with Crippen molar-refractivity contribution in [3.63, 3.8) is 0 Å². The molecule has 0 bridgehead atoms. The first-order chi connectivity index (χ1) is 12.1. The maximum absolute atomic E-state index is 12.0. The van der Waals surface area contributed by atoms with Crippen LogP contribution in [0.15, 0.2) is 42.6 Å². The summed E-state index contributed by atoms with van der Waals surface area (Å²) in [7, 11) is 0. The number of rotatable bonds is 4. The summed E-state index contributed by atoms with van der Waals surface area (Å²) in [5.41, 5.74) is 1.77. The monoisotopic (exact) mass is 341 g/mol. The normalized spacial score (nSPS) is 19.9. The van der Waals surface area contributed by atoms with Crippen LogP contribution in [-0.2, 0) is 0 Å². The second-order valence-electron chi connectivity index (χ2n) is 6.40. The van der Waals surface area contributed by atoms with E-state index in [1.54, 1.807) is 18.3 Å². The minimum Gasteiger partial charge on any atom is -0.439 e. The number of aromatic nitrogens is 1. The van der Waals surface area contributed by atoms with Gasteiger partial charge in [0, 0.05) is 12.1 Å². The summed E-state index contributed by atoms with van der Waals surface area (Å²) in [5, 5.41) is 15.2. The first kappa shape index (κ1) is 17.2.